The minimum absolute atomic E-state index is 0.00593. The summed E-state index contributed by atoms with van der Waals surface area (Å²) in [5, 5.41) is 4.87. The molecule has 0 radical (unpaired) electrons. The number of nitrogens with one attached hydrogen (secondary N) is 1. The third kappa shape index (κ3) is 5.00. The number of thiophene rings is 1. The van der Waals surface area contributed by atoms with Crippen LogP contribution in [0.3, 0.4) is 0 Å². The van der Waals surface area contributed by atoms with Crippen molar-refractivity contribution in [2.75, 3.05) is 32.7 Å². The number of amides is 1. The lowest BCUT2D eigenvalue weighted by Crippen LogP contribution is -2.51. The van der Waals surface area contributed by atoms with E-state index in [1.807, 2.05) is 11.8 Å². The highest BCUT2D eigenvalue weighted by Gasteiger charge is 2.29. The molecule has 1 saturated heterocycles. The summed E-state index contributed by atoms with van der Waals surface area (Å²) in [5.74, 6) is -0.0259. The van der Waals surface area contributed by atoms with Gasteiger partial charge in [-0.3, -0.25) is 9.69 Å². The first-order valence-corrected chi connectivity index (χ1v) is 11.8. The first-order chi connectivity index (χ1) is 13.4. The predicted octanol–water partition coefficient (Wildman–Crippen LogP) is 2.63. The molecular formula is C20H27N3O3S2. The van der Waals surface area contributed by atoms with Gasteiger partial charge in [0.25, 0.3) is 10.0 Å². The van der Waals surface area contributed by atoms with Crippen LogP contribution >= 0.6 is 11.3 Å². The van der Waals surface area contributed by atoms with Gasteiger partial charge in [0.2, 0.25) is 5.91 Å². The molecule has 1 aliphatic heterocycles. The Hall–Kier alpha value is -1.74. The molecule has 0 unspecified atom stereocenters. The molecule has 0 saturated carbocycles. The molecule has 1 N–H and O–H groups in total. The number of hydrogen-bond donors (Lipinski definition) is 1. The average Bonchev–Trinajstić information content (AvgIpc) is 3.23. The Morgan fingerprint density at radius 3 is 2.39 bits per heavy atom. The van der Waals surface area contributed by atoms with Crippen LogP contribution in [0, 0.1) is 6.92 Å². The highest BCUT2D eigenvalue weighted by molar-refractivity contribution is 7.91. The third-order valence-corrected chi connectivity index (χ3v) is 8.28. The molecular weight excluding hydrogens is 394 g/mol. The predicted molar refractivity (Wildman–Crippen MR) is 112 cm³/mol. The maximum Gasteiger partial charge on any atom is 0.252 e. The number of carbonyl (C=O) groups is 1. The molecule has 0 bridgehead atoms. The van der Waals surface area contributed by atoms with Gasteiger partial charge in [-0.1, -0.05) is 42.8 Å². The van der Waals surface area contributed by atoms with Gasteiger partial charge in [0.05, 0.1) is 12.6 Å². The van der Waals surface area contributed by atoms with Crippen molar-refractivity contribution >= 4 is 27.3 Å². The van der Waals surface area contributed by atoms with Gasteiger partial charge in [0.15, 0.2) is 0 Å². The Morgan fingerprint density at radius 2 is 1.82 bits per heavy atom. The van der Waals surface area contributed by atoms with Crippen LogP contribution in [0.1, 0.15) is 30.5 Å². The Labute approximate surface area is 171 Å². The van der Waals surface area contributed by atoms with Crippen LogP contribution in [0.15, 0.2) is 46.0 Å². The first-order valence-electron chi connectivity index (χ1n) is 9.52. The number of nitrogens with zero attached hydrogens (tertiary/aromatic N) is 2. The fourth-order valence-electron chi connectivity index (χ4n) is 3.33. The van der Waals surface area contributed by atoms with E-state index in [9.17, 15) is 13.2 Å². The van der Waals surface area contributed by atoms with E-state index in [1.165, 1.54) is 21.2 Å². The largest absolute Gasteiger partial charge is 0.348 e. The highest BCUT2D eigenvalue weighted by atomic mass is 32.2. The van der Waals surface area contributed by atoms with Crippen molar-refractivity contribution in [3.8, 4) is 0 Å². The number of carbonyl (C=O) groups excluding carboxylic acids is 1. The van der Waals surface area contributed by atoms with Gasteiger partial charge in [-0.15, -0.1) is 11.3 Å². The van der Waals surface area contributed by atoms with Crippen LogP contribution in [0.2, 0.25) is 0 Å². The Kier molecular flexibility index (Phi) is 6.87. The van der Waals surface area contributed by atoms with Crippen LogP contribution in [0.25, 0.3) is 0 Å². The molecule has 1 aromatic heterocycles. The van der Waals surface area contributed by atoms with Crippen molar-refractivity contribution in [2.45, 2.75) is 30.5 Å². The molecule has 152 valence electrons. The lowest BCUT2D eigenvalue weighted by molar-refractivity contribution is -0.123. The van der Waals surface area contributed by atoms with E-state index in [1.54, 1.807) is 17.5 Å². The van der Waals surface area contributed by atoms with Crippen molar-refractivity contribution in [3.05, 3.63) is 52.9 Å². The summed E-state index contributed by atoms with van der Waals surface area (Å²) >= 11 is 1.24. The van der Waals surface area contributed by atoms with Crippen molar-refractivity contribution in [2.24, 2.45) is 0 Å². The zero-order chi connectivity index (χ0) is 20.1. The van der Waals surface area contributed by atoms with Crippen LogP contribution < -0.4 is 5.32 Å². The molecule has 0 aliphatic carbocycles. The number of sulfonamides is 1. The molecule has 0 spiro atoms. The lowest BCUT2D eigenvalue weighted by Gasteiger charge is -2.33. The number of hydrogen-bond acceptors (Lipinski definition) is 5. The van der Waals surface area contributed by atoms with E-state index >= 15 is 0 Å². The van der Waals surface area contributed by atoms with E-state index in [2.05, 4.69) is 36.5 Å². The maximum atomic E-state index is 12.6. The number of rotatable bonds is 7. The second kappa shape index (κ2) is 9.17. The molecule has 1 amide bonds. The lowest BCUT2D eigenvalue weighted by atomic mass is 10.0. The molecule has 3 rings (SSSR count). The summed E-state index contributed by atoms with van der Waals surface area (Å²) in [4.78, 5) is 14.5. The Bertz CT molecular complexity index is 872. The van der Waals surface area contributed by atoms with Crippen molar-refractivity contribution in [1.29, 1.82) is 0 Å². The van der Waals surface area contributed by atoms with E-state index in [0.717, 1.165) is 12.0 Å². The second-order valence-electron chi connectivity index (χ2n) is 7.05. The van der Waals surface area contributed by atoms with Crippen molar-refractivity contribution < 1.29 is 13.2 Å². The first kappa shape index (κ1) is 21.0. The van der Waals surface area contributed by atoms with Crippen molar-refractivity contribution in [1.82, 2.24) is 14.5 Å². The van der Waals surface area contributed by atoms with Gasteiger partial charge in [-0.2, -0.15) is 4.31 Å². The molecule has 6 nitrogen and oxygen atoms in total. The number of benzene rings is 1. The van der Waals surface area contributed by atoms with Crippen LogP contribution in [0.4, 0.5) is 0 Å². The standard InChI is InChI=1S/C20H27N3O3S2/c1-3-18(17-8-6-16(2)7-9-17)21-19(24)15-22-10-12-23(13-11-22)28(25,26)20-5-4-14-27-20/h4-9,14,18H,3,10-13,15H2,1-2H3,(H,21,24)/t18-/m1/s1. The summed E-state index contributed by atoms with van der Waals surface area (Å²) in [7, 11) is -3.41. The molecule has 28 heavy (non-hydrogen) atoms. The minimum atomic E-state index is -3.41. The SMILES string of the molecule is CC[C@@H](NC(=O)CN1CCN(S(=O)(=O)c2cccs2)CC1)c1ccc(C)cc1. The normalized spacial score (nSPS) is 17.4. The summed E-state index contributed by atoms with van der Waals surface area (Å²) in [6, 6.07) is 11.6. The fraction of sp³-hybridized carbons (Fsp3) is 0.450. The summed E-state index contributed by atoms with van der Waals surface area (Å²) in [6.45, 7) is 6.31. The number of piperazine rings is 1. The van der Waals surface area contributed by atoms with Crippen LogP contribution in [0.5, 0.6) is 0 Å². The van der Waals surface area contributed by atoms with Crippen LogP contribution in [-0.4, -0.2) is 56.3 Å². The average molecular weight is 422 g/mol. The van der Waals surface area contributed by atoms with Crippen molar-refractivity contribution in [3.63, 3.8) is 0 Å². The highest BCUT2D eigenvalue weighted by Crippen LogP contribution is 2.22. The quantitative estimate of drug-likeness (QED) is 0.746. The Morgan fingerprint density at radius 1 is 1.14 bits per heavy atom. The van der Waals surface area contributed by atoms with E-state index in [0.29, 0.717) is 30.4 Å². The van der Waals surface area contributed by atoms with Gasteiger partial charge in [0, 0.05) is 26.2 Å². The van der Waals surface area contributed by atoms with Gasteiger partial charge in [-0.25, -0.2) is 8.42 Å². The molecule has 1 aliphatic rings. The van der Waals surface area contributed by atoms with Gasteiger partial charge in [-0.05, 0) is 30.4 Å². The third-order valence-electron chi connectivity index (χ3n) is 5.01. The number of aryl methyl sites for hydroxylation is 1. The van der Waals surface area contributed by atoms with Crippen LogP contribution in [-0.2, 0) is 14.8 Å². The smallest absolute Gasteiger partial charge is 0.252 e. The molecule has 1 atom stereocenters. The van der Waals surface area contributed by atoms with Gasteiger partial charge in [0.1, 0.15) is 4.21 Å². The fourth-order valence-corrected chi connectivity index (χ4v) is 5.90. The molecule has 1 aromatic carbocycles. The maximum absolute atomic E-state index is 12.6. The molecule has 1 fully saturated rings. The monoisotopic (exact) mass is 421 g/mol. The Balaban J connectivity index is 1.51. The van der Waals surface area contributed by atoms with E-state index in [4.69, 9.17) is 0 Å². The molecule has 2 aromatic rings. The summed E-state index contributed by atoms with van der Waals surface area (Å²) < 4.78 is 27.0. The topological polar surface area (TPSA) is 69.7 Å². The second-order valence-corrected chi connectivity index (χ2v) is 10.2. The minimum Gasteiger partial charge on any atom is -0.348 e. The van der Waals surface area contributed by atoms with Gasteiger partial charge < -0.3 is 5.32 Å². The summed E-state index contributed by atoms with van der Waals surface area (Å²) in [6.07, 6.45) is 0.821. The summed E-state index contributed by atoms with van der Waals surface area (Å²) in [5.41, 5.74) is 2.30. The molecule has 8 heteroatoms. The molecule has 2 heterocycles. The zero-order valence-corrected chi connectivity index (χ0v) is 17.9. The van der Waals surface area contributed by atoms with Gasteiger partial charge >= 0.3 is 0 Å². The zero-order valence-electron chi connectivity index (χ0n) is 16.3. The van der Waals surface area contributed by atoms with E-state index in [-0.39, 0.29) is 18.5 Å². The van der Waals surface area contributed by atoms with E-state index < -0.39 is 10.0 Å².